The van der Waals surface area contributed by atoms with E-state index in [0.29, 0.717) is 41.6 Å². The molecule has 0 radical (unpaired) electrons. The second-order valence-electron chi connectivity index (χ2n) is 10.1. The monoisotopic (exact) mass is 511 g/mol. The zero-order valence-electron chi connectivity index (χ0n) is 21.3. The number of aryl methyl sites for hydroxylation is 1. The van der Waals surface area contributed by atoms with Crippen LogP contribution >= 0.6 is 11.6 Å². The molecule has 5 rings (SSSR count). The number of fused-ring (bicyclic) bond motifs is 1. The number of benzene rings is 3. The van der Waals surface area contributed by atoms with Gasteiger partial charge < -0.3 is 4.90 Å². The number of rotatable bonds is 5. The Bertz CT molecular complexity index is 1440. The topological polar surface area (TPSA) is 55.2 Å². The number of aromatic nitrogens is 2. The van der Waals surface area contributed by atoms with Crippen LogP contribution in [-0.4, -0.2) is 26.9 Å². The molecular weight excluding hydrogens is 482 g/mol. The minimum Gasteiger partial charge on any atom is -0.336 e. The van der Waals surface area contributed by atoms with Gasteiger partial charge >= 0.3 is 0 Å². The fourth-order valence-corrected chi connectivity index (χ4v) is 5.37. The van der Waals surface area contributed by atoms with Crippen LogP contribution in [0.4, 0.5) is 0 Å². The molecule has 0 fully saturated rings. The van der Waals surface area contributed by atoms with Gasteiger partial charge in [0.25, 0.3) is 5.56 Å². The molecule has 0 spiro atoms. The van der Waals surface area contributed by atoms with Gasteiger partial charge in [-0.25, -0.2) is 4.98 Å². The largest absolute Gasteiger partial charge is 0.336 e. The molecule has 5 nitrogen and oxygen atoms in total. The van der Waals surface area contributed by atoms with Crippen molar-refractivity contribution in [3.63, 3.8) is 0 Å². The molecular formula is C31H30ClN3O2. The minimum atomic E-state index is -0.724. The maximum atomic E-state index is 14.0. The summed E-state index contributed by atoms with van der Waals surface area (Å²) in [5.74, 6) is 0.642. The Morgan fingerprint density at radius 1 is 0.919 bits per heavy atom. The van der Waals surface area contributed by atoms with Crippen LogP contribution in [0.25, 0.3) is 0 Å². The zero-order chi connectivity index (χ0) is 26.2. The van der Waals surface area contributed by atoms with E-state index in [0.717, 1.165) is 16.7 Å². The van der Waals surface area contributed by atoms with Crippen molar-refractivity contribution in [1.82, 2.24) is 14.5 Å². The quantitative estimate of drug-likeness (QED) is 0.345. The third kappa shape index (κ3) is 4.72. The SMILES string of the molecule is Cc1nc2c(c(=O)n1C(c1ccccc1)c1ccccc1)CCN(C(=O)C(C)(C)c1ccc(Cl)cc1)C2. The number of halogens is 1. The van der Waals surface area contributed by atoms with Crippen molar-refractivity contribution in [2.45, 2.75) is 45.2 Å². The van der Waals surface area contributed by atoms with Gasteiger partial charge in [0, 0.05) is 17.1 Å². The molecule has 0 bridgehead atoms. The fourth-order valence-electron chi connectivity index (χ4n) is 5.25. The summed E-state index contributed by atoms with van der Waals surface area (Å²) < 4.78 is 1.80. The van der Waals surface area contributed by atoms with Crippen molar-refractivity contribution >= 4 is 17.5 Å². The van der Waals surface area contributed by atoms with Crippen molar-refractivity contribution < 1.29 is 4.79 Å². The standard InChI is InChI=1S/C31H30ClN3O2/c1-21-33-27-20-34(30(37)31(2,3)24-14-16-25(32)17-15-24)19-18-26(27)29(36)35(21)28(22-10-6-4-7-11-22)23-12-8-5-9-13-23/h4-17,28H,18-20H2,1-3H3. The summed E-state index contributed by atoms with van der Waals surface area (Å²) in [6.45, 7) is 6.52. The summed E-state index contributed by atoms with van der Waals surface area (Å²) in [4.78, 5) is 34.3. The number of carbonyl (C=O) groups excluding carboxylic acids is 1. The molecule has 4 aromatic rings. The van der Waals surface area contributed by atoms with Crippen LogP contribution in [0, 0.1) is 6.92 Å². The first-order valence-corrected chi connectivity index (χ1v) is 12.9. The molecule has 0 N–H and O–H groups in total. The molecule has 0 aliphatic carbocycles. The highest BCUT2D eigenvalue weighted by atomic mass is 35.5. The lowest BCUT2D eigenvalue weighted by Gasteiger charge is -2.35. The van der Waals surface area contributed by atoms with Crippen LogP contribution in [0.15, 0.2) is 89.7 Å². The summed E-state index contributed by atoms with van der Waals surface area (Å²) in [6, 6.07) is 27.2. The van der Waals surface area contributed by atoms with Crippen molar-refractivity contribution in [3.05, 3.63) is 134 Å². The predicted octanol–water partition coefficient (Wildman–Crippen LogP) is 5.71. The summed E-state index contributed by atoms with van der Waals surface area (Å²) in [5, 5.41) is 0.638. The van der Waals surface area contributed by atoms with Crippen molar-refractivity contribution in [3.8, 4) is 0 Å². The van der Waals surface area contributed by atoms with Gasteiger partial charge in [0.1, 0.15) is 5.82 Å². The molecule has 0 saturated heterocycles. The number of hydrogen-bond acceptors (Lipinski definition) is 3. The molecule has 0 unspecified atom stereocenters. The molecule has 6 heteroatoms. The average Bonchev–Trinajstić information content (AvgIpc) is 2.91. The van der Waals surface area contributed by atoms with E-state index in [9.17, 15) is 9.59 Å². The minimum absolute atomic E-state index is 0.00977. The third-order valence-corrected chi connectivity index (χ3v) is 7.57. The maximum Gasteiger partial charge on any atom is 0.257 e. The number of nitrogens with zero attached hydrogens (tertiary/aromatic N) is 3. The van der Waals surface area contributed by atoms with Gasteiger partial charge in [-0.15, -0.1) is 0 Å². The van der Waals surface area contributed by atoms with Crippen molar-refractivity contribution in [2.75, 3.05) is 6.54 Å². The average molecular weight is 512 g/mol. The summed E-state index contributed by atoms with van der Waals surface area (Å²) in [6.07, 6.45) is 0.472. The van der Waals surface area contributed by atoms with Gasteiger partial charge in [-0.3, -0.25) is 14.2 Å². The first-order chi connectivity index (χ1) is 17.8. The Kier molecular flexibility index (Phi) is 6.74. The van der Waals surface area contributed by atoms with Crippen LogP contribution in [0.2, 0.25) is 5.02 Å². The van der Waals surface area contributed by atoms with Gasteiger partial charge in [-0.1, -0.05) is 84.4 Å². The summed E-state index contributed by atoms with van der Waals surface area (Å²) >= 11 is 6.05. The van der Waals surface area contributed by atoms with E-state index in [-0.39, 0.29) is 17.5 Å². The smallest absolute Gasteiger partial charge is 0.257 e. The second kappa shape index (κ2) is 9.98. The molecule has 2 heterocycles. The van der Waals surface area contributed by atoms with Gasteiger partial charge in [0.15, 0.2) is 0 Å². The van der Waals surface area contributed by atoms with Crippen molar-refractivity contribution in [2.24, 2.45) is 0 Å². The zero-order valence-corrected chi connectivity index (χ0v) is 22.1. The lowest BCUT2D eigenvalue weighted by molar-refractivity contribution is -0.137. The van der Waals surface area contributed by atoms with Crippen molar-refractivity contribution in [1.29, 1.82) is 0 Å². The molecule has 0 saturated carbocycles. The van der Waals surface area contributed by atoms with E-state index in [1.54, 1.807) is 16.7 Å². The Labute approximate surface area is 222 Å². The van der Waals surface area contributed by atoms with E-state index in [1.165, 1.54) is 0 Å². The first kappa shape index (κ1) is 25.0. The van der Waals surface area contributed by atoms with E-state index in [4.69, 9.17) is 16.6 Å². The van der Waals surface area contributed by atoms with E-state index in [1.807, 2.05) is 98.5 Å². The van der Waals surface area contributed by atoms with E-state index < -0.39 is 5.41 Å². The van der Waals surface area contributed by atoms with Crippen LogP contribution in [0.3, 0.4) is 0 Å². The highest BCUT2D eigenvalue weighted by Gasteiger charge is 2.36. The number of carbonyl (C=O) groups is 1. The molecule has 188 valence electrons. The molecule has 1 aromatic heterocycles. The lowest BCUT2D eigenvalue weighted by Crippen LogP contribution is -2.47. The predicted molar refractivity (Wildman–Crippen MR) is 147 cm³/mol. The molecule has 1 amide bonds. The maximum absolute atomic E-state index is 14.0. The molecule has 1 aliphatic rings. The number of amides is 1. The van der Waals surface area contributed by atoms with Crippen LogP contribution in [-0.2, 0) is 23.2 Å². The number of hydrogen-bond donors (Lipinski definition) is 0. The first-order valence-electron chi connectivity index (χ1n) is 12.5. The summed E-state index contributed by atoms with van der Waals surface area (Å²) in [5.41, 5.74) is 3.57. The van der Waals surface area contributed by atoms with Gasteiger partial charge in [0.2, 0.25) is 5.91 Å². The van der Waals surface area contributed by atoms with E-state index >= 15 is 0 Å². The third-order valence-electron chi connectivity index (χ3n) is 7.32. The highest BCUT2D eigenvalue weighted by molar-refractivity contribution is 6.30. The highest BCUT2D eigenvalue weighted by Crippen LogP contribution is 2.30. The summed E-state index contributed by atoms with van der Waals surface area (Å²) in [7, 11) is 0. The van der Waals surface area contributed by atoms with E-state index in [2.05, 4.69) is 0 Å². The van der Waals surface area contributed by atoms with Gasteiger partial charge in [-0.2, -0.15) is 0 Å². The van der Waals surface area contributed by atoms with Gasteiger partial charge in [-0.05, 0) is 56.0 Å². The second-order valence-corrected chi connectivity index (χ2v) is 10.5. The Hall–Kier alpha value is -3.70. The van der Waals surface area contributed by atoms with Crippen LogP contribution < -0.4 is 5.56 Å². The lowest BCUT2D eigenvalue weighted by atomic mass is 9.82. The Balaban J connectivity index is 1.51. The Morgan fingerprint density at radius 3 is 2.05 bits per heavy atom. The molecule has 1 aliphatic heterocycles. The molecule has 0 atom stereocenters. The Morgan fingerprint density at radius 2 is 1.49 bits per heavy atom. The molecule has 3 aromatic carbocycles. The van der Waals surface area contributed by atoms with Crippen LogP contribution in [0.1, 0.15) is 53.7 Å². The molecule has 37 heavy (non-hydrogen) atoms. The normalized spacial score (nSPS) is 13.5. The van der Waals surface area contributed by atoms with Gasteiger partial charge in [0.05, 0.1) is 23.7 Å². The fraction of sp³-hybridized carbons (Fsp3) is 0.258. The van der Waals surface area contributed by atoms with Crippen LogP contribution in [0.5, 0.6) is 0 Å².